The van der Waals surface area contributed by atoms with Gasteiger partial charge in [0, 0.05) is 5.92 Å². The molecule has 2 aliphatic carbocycles. The van der Waals surface area contributed by atoms with Crippen molar-refractivity contribution in [2.24, 2.45) is 17.8 Å². The maximum atomic E-state index is 13.4. The van der Waals surface area contributed by atoms with Gasteiger partial charge in [-0.3, -0.25) is 0 Å². The molecule has 0 N–H and O–H groups in total. The van der Waals surface area contributed by atoms with Crippen molar-refractivity contribution < 1.29 is 8.78 Å². The molecule has 2 saturated carbocycles. The smallest absolute Gasteiger partial charge is 0.159 e. The van der Waals surface area contributed by atoms with E-state index in [1.165, 1.54) is 44.2 Å². The first-order valence-corrected chi connectivity index (χ1v) is 10.3. The lowest BCUT2D eigenvalue weighted by atomic mass is 9.79. The van der Waals surface area contributed by atoms with Gasteiger partial charge < -0.3 is 0 Å². The highest BCUT2D eigenvalue weighted by molar-refractivity contribution is 5.23. The lowest BCUT2D eigenvalue weighted by Gasteiger charge is -2.26. The Morgan fingerprint density at radius 1 is 0.962 bits per heavy atom. The second-order valence-corrected chi connectivity index (χ2v) is 8.06. The van der Waals surface area contributed by atoms with Crippen LogP contribution in [0.15, 0.2) is 30.4 Å². The van der Waals surface area contributed by atoms with Gasteiger partial charge in [0.15, 0.2) is 11.6 Å². The fourth-order valence-corrected chi connectivity index (χ4v) is 4.48. The van der Waals surface area contributed by atoms with E-state index in [0.29, 0.717) is 11.8 Å². The average molecular weight is 357 g/mol. The number of halogens is 2. The van der Waals surface area contributed by atoms with Crippen molar-refractivity contribution >= 4 is 0 Å². The standard InChI is InChI=1S/C24H30F2/c1-2-18-7-9-19(10-8-18)5-3-4-6-20-11-13-21(14-12-20)22-15-16-23(25)24(26)17-22/h3,5,15-21H,2,7-14H2,1H3. The van der Waals surface area contributed by atoms with Gasteiger partial charge in [0.2, 0.25) is 0 Å². The number of rotatable bonds is 3. The molecule has 0 radical (unpaired) electrons. The van der Waals surface area contributed by atoms with Gasteiger partial charge in [0.1, 0.15) is 0 Å². The summed E-state index contributed by atoms with van der Waals surface area (Å²) in [6.07, 6.45) is 15.2. The third-order valence-electron chi connectivity index (χ3n) is 6.35. The molecule has 0 saturated heterocycles. The van der Waals surface area contributed by atoms with Gasteiger partial charge in [-0.2, -0.15) is 0 Å². The SMILES string of the molecule is CCC1CCC(C=CC#CC2CCC(c3ccc(F)c(F)c3)CC2)CC1. The van der Waals surface area contributed by atoms with Crippen molar-refractivity contribution in [3.63, 3.8) is 0 Å². The summed E-state index contributed by atoms with van der Waals surface area (Å²) in [6.45, 7) is 2.30. The van der Waals surface area contributed by atoms with Gasteiger partial charge in [0.05, 0.1) is 0 Å². The zero-order valence-corrected chi connectivity index (χ0v) is 15.8. The summed E-state index contributed by atoms with van der Waals surface area (Å²) >= 11 is 0. The fraction of sp³-hybridized carbons (Fsp3) is 0.583. The monoisotopic (exact) mass is 356 g/mol. The summed E-state index contributed by atoms with van der Waals surface area (Å²) in [5, 5.41) is 0. The maximum Gasteiger partial charge on any atom is 0.159 e. The molecule has 0 spiro atoms. The topological polar surface area (TPSA) is 0 Å². The first kappa shape index (κ1) is 19.2. The zero-order valence-electron chi connectivity index (χ0n) is 15.8. The normalized spacial score (nSPS) is 29.3. The zero-order chi connectivity index (χ0) is 18.4. The van der Waals surface area contributed by atoms with Gasteiger partial charge in [-0.1, -0.05) is 37.3 Å². The third-order valence-corrected chi connectivity index (χ3v) is 6.35. The van der Waals surface area contributed by atoms with Crippen LogP contribution in [0.25, 0.3) is 0 Å². The average Bonchev–Trinajstić information content (AvgIpc) is 2.68. The highest BCUT2D eigenvalue weighted by Gasteiger charge is 2.22. The van der Waals surface area contributed by atoms with Crippen LogP contribution in [-0.2, 0) is 0 Å². The minimum atomic E-state index is -0.761. The van der Waals surface area contributed by atoms with Gasteiger partial charge in [-0.25, -0.2) is 8.78 Å². The molecule has 140 valence electrons. The Balaban J connectivity index is 1.44. The first-order valence-electron chi connectivity index (χ1n) is 10.3. The molecule has 0 aliphatic heterocycles. The number of hydrogen-bond donors (Lipinski definition) is 0. The molecule has 2 heteroatoms. The Hall–Kier alpha value is -1.62. The van der Waals surface area contributed by atoms with E-state index in [2.05, 4.69) is 30.9 Å². The van der Waals surface area contributed by atoms with E-state index in [9.17, 15) is 8.78 Å². The molecule has 0 amide bonds. The Kier molecular flexibility index (Phi) is 6.89. The maximum absolute atomic E-state index is 13.4. The lowest BCUT2D eigenvalue weighted by Crippen LogP contribution is -2.12. The highest BCUT2D eigenvalue weighted by Crippen LogP contribution is 2.36. The van der Waals surface area contributed by atoms with E-state index in [1.807, 2.05) is 0 Å². The number of benzene rings is 1. The molecule has 0 heterocycles. The summed E-state index contributed by atoms with van der Waals surface area (Å²) in [5.41, 5.74) is 0.929. The van der Waals surface area contributed by atoms with Crippen LogP contribution in [0.1, 0.15) is 76.2 Å². The third kappa shape index (κ3) is 5.19. The van der Waals surface area contributed by atoms with Crippen molar-refractivity contribution in [3.05, 3.63) is 47.5 Å². The summed E-state index contributed by atoms with van der Waals surface area (Å²) in [5.74, 6) is 7.61. The van der Waals surface area contributed by atoms with Gasteiger partial charge in [-0.05, 0) is 92.9 Å². The van der Waals surface area contributed by atoms with Crippen molar-refractivity contribution in [2.75, 3.05) is 0 Å². The molecule has 2 fully saturated rings. The predicted molar refractivity (Wildman–Crippen MR) is 104 cm³/mol. The molecular weight excluding hydrogens is 326 g/mol. The summed E-state index contributed by atoms with van der Waals surface area (Å²) in [4.78, 5) is 0. The molecule has 3 rings (SSSR count). The van der Waals surface area contributed by atoms with E-state index in [4.69, 9.17) is 0 Å². The van der Waals surface area contributed by atoms with Crippen LogP contribution >= 0.6 is 0 Å². The van der Waals surface area contributed by atoms with Crippen LogP contribution in [0.5, 0.6) is 0 Å². The number of allylic oxidation sites excluding steroid dienone is 2. The van der Waals surface area contributed by atoms with E-state index >= 15 is 0 Å². The molecule has 2 aliphatic rings. The van der Waals surface area contributed by atoms with Crippen molar-refractivity contribution in [1.82, 2.24) is 0 Å². The molecule has 0 aromatic heterocycles. The quantitative estimate of drug-likeness (QED) is 0.511. The van der Waals surface area contributed by atoms with E-state index in [1.54, 1.807) is 6.07 Å². The Morgan fingerprint density at radius 3 is 2.35 bits per heavy atom. The minimum Gasteiger partial charge on any atom is -0.204 e. The summed E-state index contributed by atoms with van der Waals surface area (Å²) < 4.78 is 26.5. The largest absolute Gasteiger partial charge is 0.204 e. The van der Waals surface area contributed by atoms with Gasteiger partial charge in [0.25, 0.3) is 0 Å². The second-order valence-electron chi connectivity index (χ2n) is 8.06. The van der Waals surface area contributed by atoms with Gasteiger partial charge >= 0.3 is 0 Å². The molecule has 0 bridgehead atoms. The van der Waals surface area contributed by atoms with E-state index in [0.717, 1.165) is 43.1 Å². The minimum absolute atomic E-state index is 0.340. The first-order chi connectivity index (χ1) is 12.7. The molecule has 26 heavy (non-hydrogen) atoms. The predicted octanol–water partition coefficient (Wildman–Crippen LogP) is 7.01. The molecule has 0 nitrogen and oxygen atoms in total. The molecule has 0 atom stereocenters. The van der Waals surface area contributed by atoms with Crippen LogP contribution in [0.2, 0.25) is 0 Å². The van der Waals surface area contributed by atoms with Crippen molar-refractivity contribution in [2.45, 2.75) is 70.6 Å². The van der Waals surface area contributed by atoms with Crippen molar-refractivity contribution in [1.29, 1.82) is 0 Å². The van der Waals surface area contributed by atoms with Crippen LogP contribution in [-0.4, -0.2) is 0 Å². The van der Waals surface area contributed by atoms with Crippen LogP contribution < -0.4 is 0 Å². The van der Waals surface area contributed by atoms with Gasteiger partial charge in [-0.15, -0.1) is 0 Å². The summed E-state index contributed by atoms with van der Waals surface area (Å²) in [6, 6.07) is 4.34. The molecule has 1 aromatic rings. The molecule has 1 aromatic carbocycles. The number of hydrogen-bond acceptors (Lipinski definition) is 0. The van der Waals surface area contributed by atoms with Crippen LogP contribution in [0.4, 0.5) is 8.78 Å². The van der Waals surface area contributed by atoms with E-state index < -0.39 is 11.6 Å². The lowest BCUT2D eigenvalue weighted by molar-refractivity contribution is 0.304. The highest BCUT2D eigenvalue weighted by atomic mass is 19.2. The molecule has 0 unspecified atom stereocenters. The van der Waals surface area contributed by atoms with Crippen molar-refractivity contribution in [3.8, 4) is 11.8 Å². The Labute approximate surface area is 157 Å². The van der Waals surface area contributed by atoms with E-state index in [-0.39, 0.29) is 0 Å². The Bertz CT molecular complexity index is 663. The Morgan fingerprint density at radius 2 is 1.69 bits per heavy atom. The summed E-state index contributed by atoms with van der Waals surface area (Å²) in [7, 11) is 0. The molecular formula is C24H30F2. The fourth-order valence-electron chi connectivity index (χ4n) is 4.48. The second kappa shape index (κ2) is 9.36. The van der Waals surface area contributed by atoms with Crippen LogP contribution in [0, 0.1) is 41.2 Å². The van der Waals surface area contributed by atoms with Crippen LogP contribution in [0.3, 0.4) is 0 Å².